The summed E-state index contributed by atoms with van der Waals surface area (Å²) in [6, 6.07) is 0. The highest BCUT2D eigenvalue weighted by Crippen LogP contribution is 2.42. The van der Waals surface area contributed by atoms with Gasteiger partial charge in [0, 0.05) is 0 Å². The molecule has 0 aromatic carbocycles. The maximum absolute atomic E-state index is 6.74. The number of ether oxygens (including phenoxy) is 1. The van der Waals surface area contributed by atoms with Crippen molar-refractivity contribution in [3.63, 3.8) is 0 Å². The first-order valence-corrected chi connectivity index (χ1v) is 15.0. The topological polar surface area (TPSA) is 27.7 Å². The van der Waals surface area contributed by atoms with E-state index < -0.39 is 16.6 Å². The van der Waals surface area contributed by atoms with E-state index >= 15 is 0 Å². The zero-order valence-corrected chi connectivity index (χ0v) is 20.0. The van der Waals surface area contributed by atoms with Crippen LogP contribution in [-0.4, -0.2) is 34.9 Å². The third kappa shape index (κ3) is 4.96. The molecule has 24 heavy (non-hydrogen) atoms. The van der Waals surface area contributed by atoms with Crippen molar-refractivity contribution in [3.8, 4) is 0 Å². The van der Waals surface area contributed by atoms with Crippen molar-refractivity contribution in [1.82, 2.24) is 0 Å². The Labute approximate surface area is 152 Å². The lowest BCUT2D eigenvalue weighted by Crippen LogP contribution is -2.55. The maximum Gasteiger partial charge on any atom is 0.193 e. The molecule has 0 unspecified atom stereocenters. The van der Waals surface area contributed by atoms with Gasteiger partial charge in [-0.05, 0) is 56.2 Å². The fraction of sp³-hybridized carbons (Fsp3) is 0.895. The Morgan fingerprint density at radius 3 is 1.71 bits per heavy atom. The third-order valence-electron chi connectivity index (χ3n) is 6.03. The lowest BCUT2D eigenvalue weighted by atomic mass is 10.1. The molecule has 1 aliphatic rings. The standard InChI is InChI=1S/C19H40O3Si2/c1-14-13-16(21-23(9,10)18(3,4)5)17(15(2)20-14)22-24(11,12)19(6,7)8/h13,15-17H,1-12H3/t15-,16-,17-/m0/s1. The van der Waals surface area contributed by atoms with Crippen molar-refractivity contribution in [2.24, 2.45) is 0 Å². The number of rotatable bonds is 4. The molecule has 3 nitrogen and oxygen atoms in total. The molecule has 0 N–H and O–H groups in total. The lowest BCUT2D eigenvalue weighted by molar-refractivity contribution is -0.0525. The van der Waals surface area contributed by atoms with E-state index in [1.807, 2.05) is 6.92 Å². The smallest absolute Gasteiger partial charge is 0.193 e. The fourth-order valence-corrected chi connectivity index (χ4v) is 4.89. The number of allylic oxidation sites excluding steroid dienone is 1. The number of hydrogen-bond acceptors (Lipinski definition) is 3. The quantitative estimate of drug-likeness (QED) is 0.559. The molecule has 0 amide bonds. The molecule has 142 valence electrons. The zero-order valence-electron chi connectivity index (χ0n) is 18.0. The van der Waals surface area contributed by atoms with Crippen LogP contribution in [0.1, 0.15) is 55.4 Å². The highest BCUT2D eigenvalue weighted by Gasteiger charge is 2.47. The Balaban J connectivity index is 3.11. The summed E-state index contributed by atoms with van der Waals surface area (Å²) in [5, 5.41) is 0.349. The Bertz CT molecular complexity index is 470. The van der Waals surface area contributed by atoms with Gasteiger partial charge in [-0.1, -0.05) is 41.5 Å². The third-order valence-corrected chi connectivity index (χ3v) is 15.0. The molecule has 1 aliphatic heterocycles. The van der Waals surface area contributed by atoms with Gasteiger partial charge in [0.25, 0.3) is 0 Å². The summed E-state index contributed by atoms with van der Waals surface area (Å²) in [4.78, 5) is 0. The minimum atomic E-state index is -1.89. The molecule has 0 saturated heterocycles. The monoisotopic (exact) mass is 372 g/mol. The highest BCUT2D eigenvalue weighted by atomic mass is 28.4. The van der Waals surface area contributed by atoms with Gasteiger partial charge in [-0.3, -0.25) is 0 Å². The fourth-order valence-electron chi connectivity index (χ4n) is 2.29. The molecule has 0 radical (unpaired) electrons. The molecular weight excluding hydrogens is 332 g/mol. The summed E-state index contributed by atoms with van der Waals surface area (Å²) >= 11 is 0. The second-order valence-corrected chi connectivity index (χ2v) is 19.8. The van der Waals surface area contributed by atoms with E-state index in [9.17, 15) is 0 Å². The Morgan fingerprint density at radius 2 is 1.29 bits per heavy atom. The van der Waals surface area contributed by atoms with Gasteiger partial charge in [-0.15, -0.1) is 0 Å². The van der Waals surface area contributed by atoms with E-state index in [1.54, 1.807) is 0 Å². The van der Waals surface area contributed by atoms with Gasteiger partial charge < -0.3 is 13.6 Å². The van der Waals surface area contributed by atoms with Gasteiger partial charge in [-0.2, -0.15) is 0 Å². The van der Waals surface area contributed by atoms with Gasteiger partial charge >= 0.3 is 0 Å². The van der Waals surface area contributed by atoms with E-state index in [4.69, 9.17) is 13.6 Å². The van der Waals surface area contributed by atoms with Gasteiger partial charge in [0.2, 0.25) is 0 Å². The molecule has 0 aliphatic carbocycles. The summed E-state index contributed by atoms with van der Waals surface area (Å²) in [6.07, 6.45) is 2.07. The Hall–Kier alpha value is -0.106. The maximum atomic E-state index is 6.74. The van der Waals surface area contributed by atoms with Crippen molar-refractivity contribution < 1.29 is 13.6 Å². The summed E-state index contributed by atoms with van der Waals surface area (Å²) in [5.41, 5.74) is 0. The molecular formula is C19H40O3Si2. The molecule has 0 aromatic rings. The molecule has 1 heterocycles. The normalized spacial score (nSPS) is 26.8. The van der Waals surface area contributed by atoms with E-state index in [0.717, 1.165) is 5.76 Å². The van der Waals surface area contributed by atoms with Crippen molar-refractivity contribution in [3.05, 3.63) is 11.8 Å². The summed E-state index contributed by atoms with van der Waals surface area (Å²) in [6.45, 7) is 27.0. The first-order valence-electron chi connectivity index (χ1n) is 9.19. The van der Waals surface area contributed by atoms with E-state index in [1.165, 1.54) is 0 Å². The lowest BCUT2D eigenvalue weighted by Gasteiger charge is -2.47. The van der Waals surface area contributed by atoms with E-state index in [2.05, 4.69) is 80.7 Å². The van der Waals surface area contributed by atoms with E-state index in [-0.39, 0.29) is 28.4 Å². The zero-order chi connectivity index (χ0) is 19.1. The molecule has 5 heteroatoms. The van der Waals surface area contributed by atoms with Crippen LogP contribution in [0.2, 0.25) is 36.3 Å². The molecule has 0 fully saturated rings. The van der Waals surface area contributed by atoms with Crippen LogP contribution in [0.4, 0.5) is 0 Å². The molecule has 3 atom stereocenters. The van der Waals surface area contributed by atoms with Crippen LogP contribution in [0.15, 0.2) is 11.8 Å². The van der Waals surface area contributed by atoms with Crippen molar-refractivity contribution in [2.45, 2.75) is 110 Å². The minimum Gasteiger partial charge on any atom is -0.493 e. The summed E-state index contributed by atoms with van der Waals surface area (Å²) < 4.78 is 19.5. The van der Waals surface area contributed by atoms with Crippen LogP contribution < -0.4 is 0 Å². The SMILES string of the molecule is CC1=C[C@H](O[Si](C)(C)C(C)(C)C)[C@@H](O[Si](C)(C)C(C)(C)C)[C@H](C)O1. The molecule has 0 spiro atoms. The van der Waals surface area contributed by atoms with Gasteiger partial charge in [0.15, 0.2) is 16.6 Å². The summed E-state index contributed by atoms with van der Waals surface area (Å²) in [7, 11) is -3.77. The van der Waals surface area contributed by atoms with Crippen LogP contribution in [0, 0.1) is 0 Å². The molecule has 1 rings (SSSR count). The van der Waals surface area contributed by atoms with Crippen molar-refractivity contribution in [1.29, 1.82) is 0 Å². The largest absolute Gasteiger partial charge is 0.493 e. The average molecular weight is 373 g/mol. The summed E-state index contributed by atoms with van der Waals surface area (Å²) in [5.74, 6) is 0.946. The van der Waals surface area contributed by atoms with Crippen LogP contribution in [0.3, 0.4) is 0 Å². The van der Waals surface area contributed by atoms with E-state index in [0.29, 0.717) is 0 Å². The predicted octanol–water partition coefficient (Wildman–Crippen LogP) is 6.09. The Morgan fingerprint density at radius 1 is 0.875 bits per heavy atom. The van der Waals surface area contributed by atoms with Gasteiger partial charge in [0.05, 0.1) is 11.9 Å². The molecule has 0 aromatic heterocycles. The van der Waals surface area contributed by atoms with Crippen LogP contribution in [0.5, 0.6) is 0 Å². The van der Waals surface area contributed by atoms with Crippen molar-refractivity contribution in [2.75, 3.05) is 0 Å². The van der Waals surface area contributed by atoms with Gasteiger partial charge in [0.1, 0.15) is 12.2 Å². The van der Waals surface area contributed by atoms with Crippen molar-refractivity contribution >= 4 is 16.6 Å². The first kappa shape index (κ1) is 21.9. The highest BCUT2D eigenvalue weighted by molar-refractivity contribution is 6.74. The Kier molecular flexibility index (Phi) is 6.30. The second kappa shape index (κ2) is 6.90. The predicted molar refractivity (Wildman–Crippen MR) is 108 cm³/mol. The first-order chi connectivity index (χ1) is 10.5. The van der Waals surface area contributed by atoms with Gasteiger partial charge in [-0.25, -0.2) is 0 Å². The second-order valence-electron chi connectivity index (χ2n) is 10.3. The molecule has 0 bridgehead atoms. The minimum absolute atomic E-state index is 0.0129. The van der Waals surface area contributed by atoms with Crippen LogP contribution in [-0.2, 0) is 13.6 Å². The van der Waals surface area contributed by atoms with Crippen LogP contribution in [0.25, 0.3) is 0 Å². The van der Waals surface area contributed by atoms with Crippen LogP contribution >= 0.6 is 0 Å². The average Bonchev–Trinajstić information content (AvgIpc) is 2.30. The number of hydrogen-bond donors (Lipinski definition) is 0. The molecule has 0 saturated carbocycles.